The largest absolute Gasteiger partial charge is 0.480 e. The number of aliphatic carboxylic acids is 1. The number of carbonyl (C=O) groups excluding carboxylic acids is 1. The van der Waals surface area contributed by atoms with E-state index in [9.17, 15) is 9.59 Å². The van der Waals surface area contributed by atoms with Gasteiger partial charge in [0.15, 0.2) is 0 Å². The van der Waals surface area contributed by atoms with Gasteiger partial charge in [-0.05, 0) is 25.7 Å². The van der Waals surface area contributed by atoms with Crippen LogP contribution in [0.1, 0.15) is 32.1 Å². The van der Waals surface area contributed by atoms with Gasteiger partial charge >= 0.3 is 12.0 Å². The van der Waals surface area contributed by atoms with Gasteiger partial charge in [-0.3, -0.25) is 0 Å². The molecule has 0 aliphatic rings. The van der Waals surface area contributed by atoms with E-state index in [1.807, 2.05) is 0 Å². The molecule has 6 nitrogen and oxygen atoms in total. The lowest BCUT2D eigenvalue weighted by molar-refractivity contribution is -0.139. The Kier molecular flexibility index (Phi) is 10.3. The number of unbranched alkanes of at least 4 members (excludes halogenated alkanes) is 2. The Balaban J connectivity index is 3.84. The van der Waals surface area contributed by atoms with Gasteiger partial charge in [-0.25, -0.2) is 9.59 Å². The summed E-state index contributed by atoms with van der Waals surface area (Å²) in [6.07, 6.45) is 8.32. The number of carboxylic acids is 1. The van der Waals surface area contributed by atoms with Crippen LogP contribution in [0, 0.1) is 12.3 Å². The standard InChI is InChI=1S/C13H22N2O4/c1-3-4-5-6-9-14-13(18)15-11(12(16)17)8-7-10-19-2/h1,11H,4-10H2,2H3,(H,16,17)(H2,14,15,18). The SMILES string of the molecule is C#CCCCCNC(=O)NC(CCCOC)C(=O)O. The van der Waals surface area contributed by atoms with Crippen LogP contribution in [0.2, 0.25) is 0 Å². The molecule has 0 fully saturated rings. The topological polar surface area (TPSA) is 87.7 Å². The minimum atomic E-state index is -1.04. The van der Waals surface area contributed by atoms with Crippen LogP contribution in [0.4, 0.5) is 4.79 Å². The van der Waals surface area contributed by atoms with E-state index in [4.69, 9.17) is 16.3 Å². The number of nitrogens with one attached hydrogen (secondary N) is 2. The second-order valence-electron chi connectivity index (χ2n) is 4.09. The van der Waals surface area contributed by atoms with Gasteiger partial charge in [-0.15, -0.1) is 12.3 Å². The zero-order chi connectivity index (χ0) is 14.5. The van der Waals surface area contributed by atoms with Crippen LogP contribution in [0.15, 0.2) is 0 Å². The summed E-state index contributed by atoms with van der Waals surface area (Å²) in [4.78, 5) is 22.4. The molecule has 0 aromatic rings. The summed E-state index contributed by atoms with van der Waals surface area (Å²) in [6, 6.07) is -1.36. The second kappa shape index (κ2) is 11.4. The molecule has 2 amide bonds. The van der Waals surface area contributed by atoms with E-state index in [1.54, 1.807) is 7.11 Å². The van der Waals surface area contributed by atoms with Crippen molar-refractivity contribution in [3.05, 3.63) is 0 Å². The first kappa shape index (κ1) is 17.3. The number of methoxy groups -OCH3 is 1. The molecule has 0 radical (unpaired) electrons. The number of carbonyl (C=O) groups is 2. The molecule has 0 spiro atoms. The molecule has 0 aromatic carbocycles. The van der Waals surface area contributed by atoms with Crippen LogP contribution < -0.4 is 10.6 Å². The molecule has 19 heavy (non-hydrogen) atoms. The predicted octanol–water partition coefficient (Wildman–Crippen LogP) is 0.969. The van der Waals surface area contributed by atoms with Crippen molar-refractivity contribution in [3.8, 4) is 12.3 Å². The number of terminal acetylenes is 1. The molecule has 0 saturated heterocycles. The highest BCUT2D eigenvalue weighted by Crippen LogP contribution is 1.98. The highest BCUT2D eigenvalue weighted by Gasteiger charge is 2.18. The van der Waals surface area contributed by atoms with Crippen LogP contribution in [0.3, 0.4) is 0 Å². The normalized spacial score (nSPS) is 11.4. The number of amides is 2. The Bertz CT molecular complexity index is 312. The Hall–Kier alpha value is -1.74. The monoisotopic (exact) mass is 270 g/mol. The van der Waals surface area contributed by atoms with Crippen molar-refractivity contribution in [1.82, 2.24) is 10.6 Å². The van der Waals surface area contributed by atoms with E-state index in [-0.39, 0.29) is 0 Å². The molecule has 3 N–H and O–H groups in total. The summed E-state index contributed by atoms with van der Waals surface area (Å²) >= 11 is 0. The maximum absolute atomic E-state index is 11.5. The Morgan fingerprint density at radius 3 is 2.68 bits per heavy atom. The molecule has 0 bridgehead atoms. The predicted molar refractivity (Wildman–Crippen MR) is 71.8 cm³/mol. The van der Waals surface area contributed by atoms with Crippen LogP contribution in [0.5, 0.6) is 0 Å². The maximum atomic E-state index is 11.5. The fourth-order valence-corrected chi connectivity index (χ4v) is 1.45. The molecule has 1 unspecified atom stereocenters. The summed E-state index contributed by atoms with van der Waals surface area (Å²) in [7, 11) is 1.55. The molecule has 0 heterocycles. The summed E-state index contributed by atoms with van der Waals surface area (Å²) in [5, 5.41) is 14.0. The number of urea groups is 1. The third-order valence-electron chi connectivity index (χ3n) is 2.48. The van der Waals surface area contributed by atoms with Crippen LogP contribution in [-0.2, 0) is 9.53 Å². The molecule has 1 atom stereocenters. The molecule has 0 saturated carbocycles. The molecule has 108 valence electrons. The van der Waals surface area contributed by atoms with Crippen LogP contribution in [-0.4, -0.2) is 43.4 Å². The average molecular weight is 270 g/mol. The first-order chi connectivity index (χ1) is 9.11. The van der Waals surface area contributed by atoms with Crippen molar-refractivity contribution in [1.29, 1.82) is 0 Å². The van der Waals surface area contributed by atoms with Crippen molar-refractivity contribution >= 4 is 12.0 Å². The van der Waals surface area contributed by atoms with Gasteiger partial charge < -0.3 is 20.5 Å². The summed E-state index contributed by atoms with van der Waals surface area (Å²) < 4.78 is 4.84. The first-order valence-corrected chi connectivity index (χ1v) is 6.31. The van der Waals surface area contributed by atoms with Gasteiger partial charge in [0.25, 0.3) is 0 Å². The Morgan fingerprint density at radius 1 is 1.37 bits per heavy atom. The highest BCUT2D eigenvalue weighted by molar-refractivity contribution is 5.82. The zero-order valence-electron chi connectivity index (χ0n) is 11.3. The lowest BCUT2D eigenvalue weighted by Gasteiger charge is -2.14. The molecule has 6 heteroatoms. The van der Waals surface area contributed by atoms with Gasteiger partial charge in [0.2, 0.25) is 0 Å². The van der Waals surface area contributed by atoms with Crippen molar-refractivity contribution in [2.45, 2.75) is 38.1 Å². The molecule has 0 aromatic heterocycles. The lowest BCUT2D eigenvalue weighted by Crippen LogP contribution is -2.46. The Labute approximate surface area is 113 Å². The van der Waals surface area contributed by atoms with E-state index >= 15 is 0 Å². The van der Waals surface area contributed by atoms with Gasteiger partial charge in [0.05, 0.1) is 0 Å². The van der Waals surface area contributed by atoms with E-state index in [2.05, 4.69) is 16.6 Å². The van der Waals surface area contributed by atoms with E-state index in [1.165, 1.54) is 0 Å². The maximum Gasteiger partial charge on any atom is 0.326 e. The molecular formula is C13H22N2O4. The van der Waals surface area contributed by atoms with Crippen molar-refractivity contribution in [2.75, 3.05) is 20.3 Å². The third-order valence-corrected chi connectivity index (χ3v) is 2.48. The summed E-state index contributed by atoms with van der Waals surface area (Å²) in [6.45, 7) is 0.955. The van der Waals surface area contributed by atoms with Gasteiger partial charge in [0.1, 0.15) is 6.04 Å². The molecule has 0 rings (SSSR count). The quantitative estimate of drug-likeness (QED) is 0.408. The number of hydrogen-bond acceptors (Lipinski definition) is 3. The van der Waals surface area contributed by atoms with Gasteiger partial charge in [0, 0.05) is 26.7 Å². The number of hydrogen-bond donors (Lipinski definition) is 3. The smallest absolute Gasteiger partial charge is 0.326 e. The number of ether oxygens (including phenoxy) is 1. The molecule has 0 aliphatic heterocycles. The van der Waals surface area contributed by atoms with Crippen molar-refractivity contribution in [3.63, 3.8) is 0 Å². The lowest BCUT2D eigenvalue weighted by atomic mass is 10.1. The van der Waals surface area contributed by atoms with E-state index in [0.717, 1.165) is 12.8 Å². The van der Waals surface area contributed by atoms with E-state index < -0.39 is 18.0 Å². The molecule has 0 aliphatic carbocycles. The minimum absolute atomic E-state index is 0.341. The van der Waals surface area contributed by atoms with Crippen molar-refractivity contribution < 1.29 is 19.4 Å². The summed E-state index contributed by atoms with van der Waals surface area (Å²) in [5.41, 5.74) is 0. The number of carboxylic acid groups (broad SMARTS) is 1. The van der Waals surface area contributed by atoms with Crippen LogP contribution >= 0.6 is 0 Å². The Morgan fingerprint density at radius 2 is 2.11 bits per heavy atom. The van der Waals surface area contributed by atoms with Gasteiger partial charge in [-0.2, -0.15) is 0 Å². The summed E-state index contributed by atoms with van der Waals surface area (Å²) in [5.74, 6) is 1.47. The average Bonchev–Trinajstić information content (AvgIpc) is 2.37. The third kappa shape index (κ3) is 9.92. The minimum Gasteiger partial charge on any atom is -0.480 e. The van der Waals surface area contributed by atoms with Crippen molar-refractivity contribution in [2.24, 2.45) is 0 Å². The fourth-order valence-electron chi connectivity index (χ4n) is 1.45. The second-order valence-corrected chi connectivity index (χ2v) is 4.09. The first-order valence-electron chi connectivity index (χ1n) is 6.31. The zero-order valence-corrected chi connectivity index (χ0v) is 11.3. The number of rotatable bonds is 10. The van der Waals surface area contributed by atoms with E-state index in [0.29, 0.717) is 32.4 Å². The van der Waals surface area contributed by atoms with Gasteiger partial charge in [-0.1, -0.05) is 0 Å². The fraction of sp³-hybridized carbons (Fsp3) is 0.692. The molecular weight excluding hydrogens is 248 g/mol. The van der Waals surface area contributed by atoms with Crippen LogP contribution in [0.25, 0.3) is 0 Å². The highest BCUT2D eigenvalue weighted by atomic mass is 16.5.